The van der Waals surface area contributed by atoms with E-state index < -0.39 is 0 Å². The summed E-state index contributed by atoms with van der Waals surface area (Å²) in [5.41, 5.74) is 5.45. The van der Waals surface area contributed by atoms with E-state index in [2.05, 4.69) is 18.7 Å². The first kappa shape index (κ1) is 13.9. The summed E-state index contributed by atoms with van der Waals surface area (Å²) >= 11 is 0. The molecule has 0 radical (unpaired) electrons. The molecule has 0 heterocycles. The van der Waals surface area contributed by atoms with Gasteiger partial charge in [-0.2, -0.15) is 0 Å². The molecule has 0 aliphatic carbocycles. The highest BCUT2D eigenvalue weighted by atomic mass is 16.5. The van der Waals surface area contributed by atoms with Crippen LogP contribution in [-0.2, 0) is 4.74 Å². The second-order valence-corrected chi connectivity index (χ2v) is 3.97. The molecule has 86 valence electrons. The normalized spacial score (nSPS) is 11.6. The van der Waals surface area contributed by atoms with Crippen LogP contribution in [0.4, 0.5) is 0 Å². The van der Waals surface area contributed by atoms with E-state index >= 15 is 0 Å². The summed E-state index contributed by atoms with van der Waals surface area (Å²) in [5, 5.41) is 0. The van der Waals surface area contributed by atoms with Gasteiger partial charge in [-0.1, -0.05) is 6.42 Å². The van der Waals surface area contributed by atoms with Crippen molar-refractivity contribution in [2.24, 2.45) is 5.73 Å². The summed E-state index contributed by atoms with van der Waals surface area (Å²) in [6.45, 7) is 8.32. The minimum atomic E-state index is 0.614. The quantitative estimate of drug-likeness (QED) is 0.575. The predicted octanol–water partition coefficient (Wildman–Crippen LogP) is 1.47. The van der Waals surface area contributed by atoms with Gasteiger partial charge in [0.25, 0.3) is 0 Å². The van der Waals surface area contributed by atoms with Crippen LogP contribution in [-0.4, -0.2) is 44.3 Å². The van der Waals surface area contributed by atoms with Gasteiger partial charge >= 0.3 is 0 Å². The molecule has 3 heteroatoms. The SMILES string of the molecule is COCCN(CCCCCN)C(C)C. The number of hydrogen-bond donors (Lipinski definition) is 1. The van der Waals surface area contributed by atoms with E-state index in [1.54, 1.807) is 7.11 Å². The first-order valence-electron chi connectivity index (χ1n) is 5.65. The molecule has 0 aromatic heterocycles. The summed E-state index contributed by atoms with van der Waals surface area (Å²) in [7, 11) is 1.76. The van der Waals surface area contributed by atoms with Crippen molar-refractivity contribution >= 4 is 0 Å². The summed E-state index contributed by atoms with van der Waals surface area (Å²) in [5.74, 6) is 0. The van der Waals surface area contributed by atoms with Crippen LogP contribution in [0.3, 0.4) is 0 Å². The molecule has 0 spiro atoms. The smallest absolute Gasteiger partial charge is 0.0589 e. The lowest BCUT2D eigenvalue weighted by Crippen LogP contribution is -2.34. The largest absolute Gasteiger partial charge is 0.383 e. The molecule has 0 aliphatic rings. The van der Waals surface area contributed by atoms with Gasteiger partial charge in [-0.15, -0.1) is 0 Å². The molecule has 0 rings (SSSR count). The van der Waals surface area contributed by atoms with Crippen LogP contribution < -0.4 is 5.73 Å². The van der Waals surface area contributed by atoms with Gasteiger partial charge in [0.05, 0.1) is 6.61 Å². The zero-order valence-electron chi connectivity index (χ0n) is 9.96. The zero-order valence-corrected chi connectivity index (χ0v) is 9.96. The minimum Gasteiger partial charge on any atom is -0.383 e. The van der Waals surface area contributed by atoms with Gasteiger partial charge in [-0.25, -0.2) is 0 Å². The number of ether oxygens (including phenoxy) is 1. The lowest BCUT2D eigenvalue weighted by molar-refractivity contribution is 0.128. The predicted molar refractivity (Wildman–Crippen MR) is 61.5 cm³/mol. The molecule has 0 amide bonds. The van der Waals surface area contributed by atoms with E-state index in [1.165, 1.54) is 19.4 Å². The van der Waals surface area contributed by atoms with Crippen LogP contribution in [0.2, 0.25) is 0 Å². The maximum absolute atomic E-state index is 5.45. The zero-order chi connectivity index (χ0) is 10.8. The first-order chi connectivity index (χ1) is 6.72. The molecule has 0 aromatic carbocycles. The van der Waals surface area contributed by atoms with Crippen LogP contribution in [0.1, 0.15) is 33.1 Å². The Hall–Kier alpha value is -0.120. The van der Waals surface area contributed by atoms with E-state index in [-0.39, 0.29) is 0 Å². The summed E-state index contributed by atoms with van der Waals surface area (Å²) < 4.78 is 5.09. The molecule has 2 N–H and O–H groups in total. The first-order valence-corrected chi connectivity index (χ1v) is 5.65. The lowest BCUT2D eigenvalue weighted by Gasteiger charge is -2.25. The molecule has 0 unspecified atom stereocenters. The average Bonchev–Trinajstić information content (AvgIpc) is 2.16. The topological polar surface area (TPSA) is 38.5 Å². The van der Waals surface area contributed by atoms with E-state index in [0.717, 1.165) is 26.1 Å². The Bertz CT molecular complexity index is 118. The van der Waals surface area contributed by atoms with Crippen molar-refractivity contribution in [2.75, 3.05) is 33.4 Å². The second-order valence-electron chi connectivity index (χ2n) is 3.97. The van der Waals surface area contributed by atoms with Gasteiger partial charge in [-0.05, 0) is 39.8 Å². The number of hydrogen-bond acceptors (Lipinski definition) is 3. The number of methoxy groups -OCH3 is 1. The van der Waals surface area contributed by atoms with Gasteiger partial charge in [0.15, 0.2) is 0 Å². The molecule has 14 heavy (non-hydrogen) atoms. The Morgan fingerprint density at radius 2 is 1.86 bits per heavy atom. The van der Waals surface area contributed by atoms with Crippen molar-refractivity contribution in [3.05, 3.63) is 0 Å². The fourth-order valence-corrected chi connectivity index (χ4v) is 1.47. The molecule has 0 saturated carbocycles. The van der Waals surface area contributed by atoms with Crippen LogP contribution in [0, 0.1) is 0 Å². The van der Waals surface area contributed by atoms with Crippen molar-refractivity contribution in [3.8, 4) is 0 Å². The Kier molecular flexibility index (Phi) is 9.35. The number of rotatable bonds is 9. The molecule has 0 atom stereocenters. The number of unbranched alkanes of at least 4 members (excludes halogenated alkanes) is 2. The van der Waals surface area contributed by atoms with Gasteiger partial charge in [0, 0.05) is 19.7 Å². The van der Waals surface area contributed by atoms with Crippen molar-refractivity contribution in [1.82, 2.24) is 4.90 Å². The summed E-state index contributed by atoms with van der Waals surface area (Å²) in [6, 6.07) is 0.614. The number of nitrogens with two attached hydrogens (primary N) is 1. The standard InChI is InChI=1S/C11H26N2O/c1-11(2)13(9-10-14-3)8-6-4-5-7-12/h11H,4-10,12H2,1-3H3. The highest BCUT2D eigenvalue weighted by Crippen LogP contribution is 2.02. The van der Waals surface area contributed by atoms with Crippen LogP contribution in [0.5, 0.6) is 0 Å². The highest BCUT2D eigenvalue weighted by Gasteiger charge is 2.07. The van der Waals surface area contributed by atoms with Crippen molar-refractivity contribution < 1.29 is 4.74 Å². The fraction of sp³-hybridized carbons (Fsp3) is 1.00. The maximum atomic E-state index is 5.45. The van der Waals surface area contributed by atoms with Crippen molar-refractivity contribution in [3.63, 3.8) is 0 Å². The number of nitrogens with zero attached hydrogens (tertiary/aromatic N) is 1. The Morgan fingerprint density at radius 3 is 2.36 bits per heavy atom. The second kappa shape index (κ2) is 9.44. The molecule has 0 aliphatic heterocycles. The fourth-order valence-electron chi connectivity index (χ4n) is 1.47. The molecule has 0 aromatic rings. The summed E-state index contributed by atoms with van der Waals surface area (Å²) in [4.78, 5) is 2.46. The van der Waals surface area contributed by atoms with E-state index in [1.807, 2.05) is 0 Å². The molecule has 0 saturated heterocycles. The van der Waals surface area contributed by atoms with E-state index in [4.69, 9.17) is 10.5 Å². The Morgan fingerprint density at radius 1 is 1.14 bits per heavy atom. The third kappa shape index (κ3) is 7.30. The monoisotopic (exact) mass is 202 g/mol. The third-order valence-electron chi connectivity index (χ3n) is 2.46. The highest BCUT2D eigenvalue weighted by molar-refractivity contribution is 4.62. The van der Waals surface area contributed by atoms with Crippen molar-refractivity contribution in [1.29, 1.82) is 0 Å². The molecule has 0 bridgehead atoms. The Labute approximate surface area is 88.6 Å². The Balaban J connectivity index is 3.52. The van der Waals surface area contributed by atoms with Gasteiger partial charge in [-0.3, -0.25) is 4.90 Å². The van der Waals surface area contributed by atoms with Crippen LogP contribution in [0.15, 0.2) is 0 Å². The lowest BCUT2D eigenvalue weighted by atomic mass is 10.2. The molecule has 3 nitrogen and oxygen atoms in total. The van der Waals surface area contributed by atoms with Crippen LogP contribution >= 0.6 is 0 Å². The third-order valence-corrected chi connectivity index (χ3v) is 2.46. The van der Waals surface area contributed by atoms with Crippen LogP contribution in [0.25, 0.3) is 0 Å². The molecular formula is C11H26N2O. The average molecular weight is 202 g/mol. The van der Waals surface area contributed by atoms with Gasteiger partial charge in [0.2, 0.25) is 0 Å². The maximum Gasteiger partial charge on any atom is 0.0589 e. The van der Waals surface area contributed by atoms with E-state index in [9.17, 15) is 0 Å². The van der Waals surface area contributed by atoms with E-state index in [0.29, 0.717) is 6.04 Å². The molecule has 0 fully saturated rings. The summed E-state index contributed by atoms with van der Waals surface area (Å²) in [6.07, 6.45) is 3.64. The molecular weight excluding hydrogens is 176 g/mol. The minimum absolute atomic E-state index is 0.614. The van der Waals surface area contributed by atoms with Gasteiger partial charge in [0.1, 0.15) is 0 Å². The van der Waals surface area contributed by atoms with Crippen molar-refractivity contribution in [2.45, 2.75) is 39.2 Å². The van der Waals surface area contributed by atoms with Gasteiger partial charge < -0.3 is 10.5 Å².